The summed E-state index contributed by atoms with van der Waals surface area (Å²) in [6.45, 7) is 3.62. The summed E-state index contributed by atoms with van der Waals surface area (Å²) in [6, 6.07) is 12.7. The number of rotatable bonds is 10. The zero-order valence-corrected chi connectivity index (χ0v) is 21.4. The van der Waals surface area contributed by atoms with Crippen LogP contribution in [-0.2, 0) is 14.6 Å². The van der Waals surface area contributed by atoms with Gasteiger partial charge in [-0.15, -0.1) is 0 Å². The number of hydrogen-bond donors (Lipinski definition) is 3. The minimum Gasteiger partial charge on any atom is -0.480 e. The van der Waals surface area contributed by atoms with Crippen molar-refractivity contribution < 1.29 is 22.7 Å². The largest absolute Gasteiger partial charge is 0.480 e. The highest BCUT2D eigenvalue weighted by Gasteiger charge is 2.16. The molecule has 37 heavy (non-hydrogen) atoms. The van der Waals surface area contributed by atoms with Crippen molar-refractivity contribution in [2.75, 3.05) is 68.3 Å². The summed E-state index contributed by atoms with van der Waals surface area (Å²) in [4.78, 5) is 26.9. The van der Waals surface area contributed by atoms with E-state index < -0.39 is 9.84 Å². The number of carbonyl (C=O) groups is 1. The molecule has 0 saturated carbocycles. The van der Waals surface area contributed by atoms with E-state index >= 15 is 0 Å². The summed E-state index contributed by atoms with van der Waals surface area (Å²) in [5, 5.41) is 8.63. The van der Waals surface area contributed by atoms with Gasteiger partial charge in [-0.3, -0.25) is 4.79 Å². The van der Waals surface area contributed by atoms with Crippen LogP contribution in [0.2, 0.25) is 0 Å². The molecule has 13 heteroatoms. The Morgan fingerprint density at radius 1 is 1.08 bits per heavy atom. The first-order valence-electron chi connectivity index (χ1n) is 11.6. The monoisotopic (exact) mass is 527 g/mol. The molecule has 1 fully saturated rings. The third-order valence-electron chi connectivity index (χ3n) is 5.48. The van der Waals surface area contributed by atoms with Crippen LogP contribution in [0.15, 0.2) is 53.8 Å². The van der Waals surface area contributed by atoms with Crippen LogP contribution in [-0.4, -0.2) is 82.0 Å². The van der Waals surface area contributed by atoms with Crippen molar-refractivity contribution >= 4 is 38.8 Å². The number of nitrogens with zero attached hydrogens (tertiary/aromatic N) is 4. The van der Waals surface area contributed by atoms with E-state index in [0.29, 0.717) is 37.0 Å². The van der Waals surface area contributed by atoms with Gasteiger partial charge >= 0.3 is 0 Å². The van der Waals surface area contributed by atoms with Gasteiger partial charge in [-0.05, 0) is 36.4 Å². The highest BCUT2D eigenvalue weighted by Crippen LogP contribution is 2.23. The van der Waals surface area contributed by atoms with Crippen molar-refractivity contribution in [1.82, 2.24) is 20.3 Å². The Labute approximate surface area is 215 Å². The highest BCUT2D eigenvalue weighted by molar-refractivity contribution is 7.90. The quantitative estimate of drug-likeness (QED) is 0.261. The molecule has 0 spiro atoms. The molecule has 4 rings (SSSR count). The summed E-state index contributed by atoms with van der Waals surface area (Å²) in [5.74, 6) is 0.515. The average molecular weight is 528 g/mol. The fourth-order valence-corrected chi connectivity index (χ4v) is 4.19. The van der Waals surface area contributed by atoms with Crippen LogP contribution < -0.4 is 25.6 Å². The molecule has 1 aromatic carbocycles. The SMILES string of the molecule is COc1ncccc1C(=O)NCCNc1cc(Nc2ccc(N3CCOCC3)cc2)nc(S(C)(=O)=O)n1. The fourth-order valence-electron chi connectivity index (χ4n) is 3.66. The highest BCUT2D eigenvalue weighted by atomic mass is 32.2. The predicted octanol–water partition coefficient (Wildman–Crippen LogP) is 1.71. The van der Waals surface area contributed by atoms with E-state index in [2.05, 4.69) is 35.8 Å². The third-order valence-corrected chi connectivity index (χ3v) is 6.32. The Hall–Kier alpha value is -3.97. The van der Waals surface area contributed by atoms with Crippen molar-refractivity contribution in [3.8, 4) is 5.88 Å². The number of sulfone groups is 1. The molecule has 1 aliphatic heterocycles. The molecule has 2 aromatic heterocycles. The van der Waals surface area contributed by atoms with Crippen molar-refractivity contribution in [3.05, 3.63) is 54.2 Å². The molecule has 0 unspecified atom stereocenters. The van der Waals surface area contributed by atoms with Gasteiger partial charge in [-0.25, -0.2) is 23.4 Å². The van der Waals surface area contributed by atoms with Gasteiger partial charge in [0.1, 0.15) is 17.2 Å². The topological polar surface area (TPSA) is 148 Å². The van der Waals surface area contributed by atoms with Gasteiger partial charge in [0.15, 0.2) is 0 Å². The van der Waals surface area contributed by atoms with Crippen molar-refractivity contribution in [2.45, 2.75) is 5.16 Å². The summed E-state index contributed by atoms with van der Waals surface area (Å²) >= 11 is 0. The Balaban J connectivity index is 1.40. The minimum absolute atomic E-state index is 0.232. The summed E-state index contributed by atoms with van der Waals surface area (Å²) in [5.41, 5.74) is 2.15. The zero-order chi connectivity index (χ0) is 26.3. The van der Waals surface area contributed by atoms with Gasteiger partial charge in [-0.2, -0.15) is 0 Å². The van der Waals surface area contributed by atoms with Gasteiger partial charge in [0.2, 0.25) is 15.7 Å². The Kier molecular flexibility index (Phi) is 8.36. The van der Waals surface area contributed by atoms with E-state index in [1.165, 1.54) is 13.3 Å². The molecular formula is C24H29N7O5S. The molecule has 196 valence electrons. The van der Waals surface area contributed by atoms with Gasteiger partial charge < -0.3 is 30.3 Å². The first-order chi connectivity index (χ1) is 17.8. The van der Waals surface area contributed by atoms with Crippen molar-refractivity contribution in [1.29, 1.82) is 0 Å². The Morgan fingerprint density at radius 2 is 1.81 bits per heavy atom. The third kappa shape index (κ3) is 7.05. The second-order valence-electron chi connectivity index (χ2n) is 8.21. The molecule has 0 aliphatic carbocycles. The van der Waals surface area contributed by atoms with Crippen LogP contribution in [0.25, 0.3) is 0 Å². The molecule has 1 amide bonds. The van der Waals surface area contributed by atoms with E-state index in [4.69, 9.17) is 9.47 Å². The predicted molar refractivity (Wildman–Crippen MR) is 140 cm³/mol. The van der Waals surface area contributed by atoms with Crippen LogP contribution in [0.1, 0.15) is 10.4 Å². The second-order valence-corrected chi connectivity index (χ2v) is 10.1. The van der Waals surface area contributed by atoms with Crippen LogP contribution in [0.5, 0.6) is 5.88 Å². The number of anilines is 4. The van der Waals surface area contributed by atoms with Gasteiger partial charge in [-0.1, -0.05) is 0 Å². The summed E-state index contributed by atoms with van der Waals surface area (Å²) in [7, 11) is -2.22. The molecule has 3 heterocycles. The molecule has 0 radical (unpaired) electrons. The van der Waals surface area contributed by atoms with E-state index in [1.807, 2.05) is 24.3 Å². The van der Waals surface area contributed by atoms with Gasteiger partial charge in [0.05, 0.1) is 20.3 Å². The summed E-state index contributed by atoms with van der Waals surface area (Å²) < 4.78 is 34.9. The standard InChI is InChI=1S/C24H29N7O5S/c1-35-23-19(4-3-9-27-23)22(32)26-11-10-25-20-16-21(30-24(29-20)37(2,33)34)28-17-5-7-18(8-6-17)31-12-14-36-15-13-31/h3-9,16H,10-15H2,1-2H3,(H,26,32)(H2,25,28,29,30). The number of nitrogens with one attached hydrogen (secondary N) is 3. The molecule has 3 aromatic rings. The van der Waals surface area contributed by atoms with Gasteiger partial charge in [0, 0.05) is 56.1 Å². The van der Waals surface area contributed by atoms with Gasteiger partial charge in [0.25, 0.3) is 11.1 Å². The number of hydrogen-bond acceptors (Lipinski definition) is 11. The smallest absolute Gasteiger partial charge is 0.256 e. The number of methoxy groups -OCH3 is 1. The lowest BCUT2D eigenvalue weighted by molar-refractivity contribution is 0.0951. The lowest BCUT2D eigenvalue weighted by Crippen LogP contribution is -2.36. The second kappa shape index (κ2) is 11.8. The average Bonchev–Trinajstić information content (AvgIpc) is 2.91. The van der Waals surface area contributed by atoms with Crippen LogP contribution in [0.3, 0.4) is 0 Å². The van der Waals surface area contributed by atoms with E-state index in [1.54, 1.807) is 18.2 Å². The first kappa shape index (κ1) is 26.1. The Bertz CT molecular complexity index is 1330. The van der Waals surface area contributed by atoms with Crippen molar-refractivity contribution in [2.24, 2.45) is 0 Å². The number of ether oxygens (including phenoxy) is 2. The Morgan fingerprint density at radius 3 is 2.51 bits per heavy atom. The van der Waals surface area contributed by atoms with Crippen molar-refractivity contribution in [3.63, 3.8) is 0 Å². The molecule has 1 saturated heterocycles. The molecule has 3 N–H and O–H groups in total. The number of pyridine rings is 1. The zero-order valence-electron chi connectivity index (χ0n) is 20.6. The number of morpholine rings is 1. The maximum atomic E-state index is 12.4. The maximum Gasteiger partial charge on any atom is 0.256 e. The number of benzene rings is 1. The molecule has 12 nitrogen and oxygen atoms in total. The van der Waals surface area contributed by atoms with E-state index in [9.17, 15) is 13.2 Å². The maximum absolute atomic E-state index is 12.4. The first-order valence-corrected chi connectivity index (χ1v) is 13.5. The van der Waals surface area contributed by atoms with E-state index in [-0.39, 0.29) is 23.5 Å². The molecule has 0 bridgehead atoms. The fraction of sp³-hybridized carbons (Fsp3) is 0.333. The lowest BCUT2D eigenvalue weighted by Gasteiger charge is -2.28. The molecule has 0 atom stereocenters. The lowest BCUT2D eigenvalue weighted by atomic mass is 10.2. The molecule has 1 aliphatic rings. The van der Waals surface area contributed by atoms with Crippen LogP contribution in [0.4, 0.5) is 23.0 Å². The number of carbonyl (C=O) groups excluding carboxylic acids is 1. The normalized spacial score (nSPS) is 13.6. The summed E-state index contributed by atoms with van der Waals surface area (Å²) in [6.07, 6.45) is 2.59. The van der Waals surface area contributed by atoms with Crippen LogP contribution >= 0.6 is 0 Å². The van der Waals surface area contributed by atoms with Crippen LogP contribution in [0, 0.1) is 0 Å². The minimum atomic E-state index is -3.66. The number of aromatic nitrogens is 3. The molecular weight excluding hydrogens is 498 g/mol. The van der Waals surface area contributed by atoms with E-state index in [0.717, 1.165) is 30.7 Å². The number of amides is 1.